The highest BCUT2D eigenvalue weighted by molar-refractivity contribution is 7.89. The predicted molar refractivity (Wildman–Crippen MR) is 118 cm³/mol. The number of pyridine rings is 1. The number of halogens is 2. The summed E-state index contributed by atoms with van der Waals surface area (Å²) in [4.78, 5) is 15.1. The highest BCUT2D eigenvalue weighted by Gasteiger charge is 2.31. The van der Waals surface area contributed by atoms with Gasteiger partial charge in [-0.3, -0.25) is 4.98 Å². The van der Waals surface area contributed by atoms with E-state index in [0.717, 1.165) is 5.56 Å². The Kier molecular flexibility index (Phi) is 8.12. The number of carbonyl (C=O) groups is 1. The van der Waals surface area contributed by atoms with Crippen molar-refractivity contribution in [2.75, 3.05) is 18.8 Å². The number of nitrogens with zero attached hydrogens (tertiary/aromatic N) is 2. The number of piperidine rings is 1. The van der Waals surface area contributed by atoms with Crippen molar-refractivity contribution >= 4 is 39.3 Å². The lowest BCUT2D eigenvalue weighted by molar-refractivity contribution is 0.0102. The summed E-state index contributed by atoms with van der Waals surface area (Å²) in [7, 11) is -3.69. The normalized spacial score (nSPS) is 16.7. The van der Waals surface area contributed by atoms with E-state index in [1.165, 1.54) is 10.5 Å². The van der Waals surface area contributed by atoms with Crippen LogP contribution in [0.25, 0.3) is 0 Å². The SMILES string of the molecule is O=C(O)N[C@@H](CS(=O)(=O)N1CCC(OCc2ccc(Cl)c(Cl)c2)CC1)c1cccnc1. The van der Waals surface area contributed by atoms with Crippen LogP contribution in [0.4, 0.5) is 4.79 Å². The van der Waals surface area contributed by atoms with E-state index in [9.17, 15) is 13.2 Å². The van der Waals surface area contributed by atoms with E-state index < -0.39 is 22.2 Å². The second-order valence-corrected chi connectivity index (χ2v) is 10.1. The highest BCUT2D eigenvalue weighted by atomic mass is 35.5. The maximum atomic E-state index is 12.9. The molecule has 1 saturated heterocycles. The van der Waals surface area contributed by atoms with Gasteiger partial charge in [0.1, 0.15) is 0 Å². The number of ether oxygens (including phenoxy) is 1. The van der Waals surface area contributed by atoms with Crippen LogP contribution in [0.1, 0.15) is 30.0 Å². The van der Waals surface area contributed by atoms with Crippen molar-refractivity contribution in [3.05, 3.63) is 63.9 Å². The first-order valence-electron chi connectivity index (χ1n) is 9.67. The Morgan fingerprint density at radius 2 is 2.00 bits per heavy atom. The Bertz CT molecular complexity index is 999. The Morgan fingerprint density at radius 1 is 1.26 bits per heavy atom. The lowest BCUT2D eigenvalue weighted by Gasteiger charge is -2.32. The molecule has 3 rings (SSSR count). The Balaban J connectivity index is 1.55. The van der Waals surface area contributed by atoms with Crippen molar-refractivity contribution in [2.24, 2.45) is 0 Å². The maximum Gasteiger partial charge on any atom is 0.405 e. The lowest BCUT2D eigenvalue weighted by atomic mass is 10.1. The van der Waals surface area contributed by atoms with Crippen LogP contribution in [0, 0.1) is 0 Å². The van der Waals surface area contributed by atoms with Gasteiger partial charge < -0.3 is 15.2 Å². The van der Waals surface area contributed by atoms with Crippen LogP contribution in [0.2, 0.25) is 10.0 Å². The molecule has 1 aromatic carbocycles. The van der Waals surface area contributed by atoms with Gasteiger partial charge in [-0.05, 0) is 42.2 Å². The second kappa shape index (κ2) is 10.6. The van der Waals surface area contributed by atoms with E-state index in [1.54, 1.807) is 30.5 Å². The molecule has 0 bridgehead atoms. The summed E-state index contributed by atoms with van der Waals surface area (Å²) >= 11 is 11.9. The van der Waals surface area contributed by atoms with Crippen LogP contribution in [0.15, 0.2) is 42.7 Å². The molecule has 0 saturated carbocycles. The molecule has 1 fully saturated rings. The van der Waals surface area contributed by atoms with Gasteiger partial charge in [0.15, 0.2) is 0 Å². The number of amides is 1. The monoisotopic (exact) mass is 487 g/mol. The Morgan fingerprint density at radius 3 is 2.61 bits per heavy atom. The van der Waals surface area contributed by atoms with Gasteiger partial charge in [-0.15, -0.1) is 0 Å². The molecule has 1 aliphatic rings. The van der Waals surface area contributed by atoms with Crippen molar-refractivity contribution in [1.82, 2.24) is 14.6 Å². The fourth-order valence-corrected chi connectivity index (χ4v) is 5.38. The summed E-state index contributed by atoms with van der Waals surface area (Å²) in [6.45, 7) is 0.975. The van der Waals surface area contributed by atoms with Crippen molar-refractivity contribution in [2.45, 2.75) is 31.6 Å². The number of nitrogens with one attached hydrogen (secondary N) is 1. The third-order valence-electron chi connectivity index (χ3n) is 5.03. The van der Waals surface area contributed by atoms with Gasteiger partial charge in [-0.1, -0.05) is 35.3 Å². The van der Waals surface area contributed by atoms with Crippen LogP contribution in [-0.2, 0) is 21.4 Å². The second-order valence-electron chi connectivity index (χ2n) is 7.22. The molecule has 11 heteroatoms. The van der Waals surface area contributed by atoms with E-state index >= 15 is 0 Å². The van der Waals surface area contributed by atoms with Crippen LogP contribution in [0.3, 0.4) is 0 Å². The summed E-state index contributed by atoms with van der Waals surface area (Å²) in [5.74, 6) is -0.375. The quantitative estimate of drug-likeness (QED) is 0.587. The number of aromatic nitrogens is 1. The van der Waals surface area contributed by atoms with Gasteiger partial charge in [0.25, 0.3) is 0 Å². The van der Waals surface area contributed by atoms with E-state index in [2.05, 4.69) is 10.3 Å². The zero-order chi connectivity index (χ0) is 22.4. The number of hydrogen-bond donors (Lipinski definition) is 2. The summed E-state index contributed by atoms with van der Waals surface area (Å²) < 4.78 is 33.1. The molecule has 0 aliphatic carbocycles. The molecule has 8 nitrogen and oxygen atoms in total. The molecule has 2 heterocycles. The smallest absolute Gasteiger partial charge is 0.405 e. The molecule has 1 aromatic heterocycles. The number of hydrogen-bond acceptors (Lipinski definition) is 5. The molecule has 31 heavy (non-hydrogen) atoms. The minimum atomic E-state index is -3.69. The fraction of sp³-hybridized carbons (Fsp3) is 0.400. The lowest BCUT2D eigenvalue weighted by Crippen LogP contribution is -2.44. The molecule has 0 radical (unpaired) electrons. The zero-order valence-electron chi connectivity index (χ0n) is 16.6. The van der Waals surface area contributed by atoms with Gasteiger partial charge >= 0.3 is 6.09 Å². The molecule has 1 aliphatic heterocycles. The van der Waals surface area contributed by atoms with Crippen LogP contribution in [-0.4, -0.2) is 53.9 Å². The van der Waals surface area contributed by atoms with Crippen molar-refractivity contribution in [3.63, 3.8) is 0 Å². The topological polar surface area (TPSA) is 109 Å². The standard InChI is InChI=1S/C20H23Cl2N3O5S/c21-17-4-3-14(10-18(17)22)12-30-16-5-8-25(9-6-16)31(28,29)13-19(24-20(26)27)15-2-1-7-23-11-15/h1-4,7,10-11,16,19,24H,5-6,8-9,12-13H2,(H,26,27)/t19-/m0/s1. The van der Waals surface area contributed by atoms with Gasteiger partial charge in [-0.25, -0.2) is 17.5 Å². The highest BCUT2D eigenvalue weighted by Crippen LogP contribution is 2.25. The van der Waals surface area contributed by atoms with Crippen LogP contribution < -0.4 is 5.32 Å². The average molecular weight is 488 g/mol. The number of sulfonamides is 1. The molecular formula is C20H23Cl2N3O5S. The number of benzene rings is 1. The maximum absolute atomic E-state index is 12.9. The van der Waals surface area contributed by atoms with Gasteiger partial charge in [-0.2, -0.15) is 0 Å². The van der Waals surface area contributed by atoms with Crippen molar-refractivity contribution < 1.29 is 23.1 Å². The first kappa shape index (κ1) is 23.7. The third-order valence-corrected chi connectivity index (χ3v) is 7.67. The minimum absolute atomic E-state index is 0.0767. The molecule has 2 N–H and O–H groups in total. The average Bonchev–Trinajstić information content (AvgIpc) is 2.74. The first-order chi connectivity index (χ1) is 14.7. The van der Waals surface area contributed by atoms with E-state index in [1.807, 2.05) is 6.07 Å². The molecule has 0 unspecified atom stereocenters. The summed E-state index contributed by atoms with van der Waals surface area (Å²) in [6.07, 6.45) is 2.72. The molecule has 0 spiro atoms. The summed E-state index contributed by atoms with van der Waals surface area (Å²) in [6, 6.07) is 7.67. The third kappa shape index (κ3) is 6.78. The molecule has 1 atom stereocenters. The molecule has 168 valence electrons. The number of carboxylic acid groups (broad SMARTS) is 1. The van der Waals surface area contributed by atoms with Crippen LogP contribution >= 0.6 is 23.2 Å². The van der Waals surface area contributed by atoms with E-state index in [0.29, 0.717) is 48.1 Å². The first-order valence-corrected chi connectivity index (χ1v) is 12.0. The van der Waals surface area contributed by atoms with Gasteiger partial charge in [0.2, 0.25) is 10.0 Å². The van der Waals surface area contributed by atoms with E-state index in [-0.39, 0.29) is 11.9 Å². The van der Waals surface area contributed by atoms with Gasteiger partial charge in [0, 0.05) is 25.5 Å². The van der Waals surface area contributed by atoms with Crippen molar-refractivity contribution in [1.29, 1.82) is 0 Å². The summed E-state index contributed by atoms with van der Waals surface area (Å²) in [5.41, 5.74) is 1.39. The van der Waals surface area contributed by atoms with Crippen LogP contribution in [0.5, 0.6) is 0 Å². The predicted octanol–water partition coefficient (Wildman–Crippen LogP) is 3.71. The molecular weight excluding hydrogens is 465 g/mol. The van der Waals surface area contributed by atoms with Gasteiger partial charge in [0.05, 0.1) is 34.6 Å². The Labute approximate surface area is 191 Å². The zero-order valence-corrected chi connectivity index (χ0v) is 18.9. The molecule has 2 aromatic rings. The summed E-state index contributed by atoms with van der Waals surface area (Å²) in [5, 5.41) is 12.3. The largest absolute Gasteiger partial charge is 0.465 e. The Hall–Kier alpha value is -1.91. The van der Waals surface area contributed by atoms with E-state index in [4.69, 9.17) is 33.0 Å². The van der Waals surface area contributed by atoms with Crippen molar-refractivity contribution in [3.8, 4) is 0 Å². The fourth-order valence-electron chi connectivity index (χ4n) is 3.39. The number of rotatable bonds is 8. The molecule has 1 amide bonds. The minimum Gasteiger partial charge on any atom is -0.465 e.